The molecular formula is C10H26NO5P. The molecule has 0 radical (unpaired) electrons. The van der Waals surface area contributed by atoms with Gasteiger partial charge in [0.2, 0.25) is 0 Å². The molecule has 0 bridgehead atoms. The molecule has 6 nitrogen and oxygen atoms in total. The van der Waals surface area contributed by atoms with E-state index in [9.17, 15) is 9.46 Å². The monoisotopic (exact) mass is 271 g/mol. The molecule has 0 rings (SSSR count). The quantitative estimate of drug-likeness (QED) is 0.507. The van der Waals surface area contributed by atoms with Gasteiger partial charge in [0.25, 0.3) is 7.82 Å². The van der Waals surface area contributed by atoms with E-state index in [0.717, 1.165) is 31.9 Å². The van der Waals surface area contributed by atoms with Gasteiger partial charge in [0.1, 0.15) is 6.54 Å². The smallest absolute Gasteiger partial charge is 0.267 e. The molecule has 0 amide bonds. The third-order valence-electron chi connectivity index (χ3n) is 2.81. The molecule has 0 aliphatic rings. The van der Waals surface area contributed by atoms with Crippen LogP contribution in [0.3, 0.4) is 0 Å². The van der Waals surface area contributed by atoms with Crippen molar-refractivity contribution < 1.29 is 27.7 Å². The highest BCUT2D eigenvalue weighted by atomic mass is 31.2. The first-order valence-electron chi connectivity index (χ1n) is 5.55. The van der Waals surface area contributed by atoms with E-state index in [4.69, 9.17) is 4.74 Å². The minimum Gasteiger partial charge on any atom is -0.756 e. The van der Waals surface area contributed by atoms with E-state index in [-0.39, 0.29) is 0 Å². The minimum atomic E-state index is -3.90. The van der Waals surface area contributed by atoms with Crippen molar-refractivity contribution in [3.63, 3.8) is 0 Å². The van der Waals surface area contributed by atoms with E-state index in [0.29, 0.717) is 0 Å². The van der Waals surface area contributed by atoms with Gasteiger partial charge in [-0.15, -0.1) is 0 Å². The first-order chi connectivity index (χ1) is 7.80. The zero-order valence-corrected chi connectivity index (χ0v) is 12.7. The number of phosphoric ester groups is 1. The zero-order chi connectivity index (χ0) is 13.9. The fraction of sp³-hybridized carbons (Fsp3) is 1.00. The van der Waals surface area contributed by atoms with Crippen LogP contribution < -0.4 is 4.89 Å². The molecular weight excluding hydrogens is 245 g/mol. The number of nitrogens with zero attached hydrogens (tertiary/aromatic N) is 1. The lowest BCUT2D eigenvalue weighted by atomic mass is 10.4. The Bertz CT molecular complexity index is 213. The van der Waals surface area contributed by atoms with Gasteiger partial charge in [-0.2, -0.15) is 0 Å². The van der Waals surface area contributed by atoms with E-state index in [1.165, 1.54) is 13.1 Å². The van der Waals surface area contributed by atoms with Crippen LogP contribution in [0.4, 0.5) is 0 Å². The molecule has 0 atom stereocenters. The van der Waals surface area contributed by atoms with Crippen LogP contribution in [0.5, 0.6) is 0 Å². The summed E-state index contributed by atoms with van der Waals surface area (Å²) >= 11 is 0. The van der Waals surface area contributed by atoms with E-state index in [1.807, 2.05) is 0 Å². The molecule has 0 spiro atoms. The third kappa shape index (κ3) is 10.9. The molecule has 0 N–H and O–H groups in total. The summed E-state index contributed by atoms with van der Waals surface area (Å²) < 4.78 is 23.8. The second-order valence-electron chi connectivity index (χ2n) is 3.78. The summed E-state index contributed by atoms with van der Waals surface area (Å²) in [5, 5.41) is 0. The van der Waals surface area contributed by atoms with Gasteiger partial charge in [-0.05, 0) is 13.8 Å². The Balaban J connectivity index is 0. The number of ether oxygens (including phenoxy) is 1. The first-order valence-corrected chi connectivity index (χ1v) is 7.01. The van der Waals surface area contributed by atoms with Gasteiger partial charge in [0.05, 0.1) is 26.7 Å². The standard InChI is InChI=1S/C8H20NO.C2H7O4P/c1-5-9(3,6-2)7-8-10-4;1-5-7(3,4)6-2/h5-8H2,1-4H3;1-2H3,(H,3,4)/q+1;/p-1. The summed E-state index contributed by atoms with van der Waals surface area (Å²) in [7, 11) is 2.20. The summed E-state index contributed by atoms with van der Waals surface area (Å²) in [5.41, 5.74) is 0. The summed E-state index contributed by atoms with van der Waals surface area (Å²) in [5.74, 6) is 0. The Morgan fingerprint density at radius 2 is 1.53 bits per heavy atom. The van der Waals surface area contributed by atoms with Gasteiger partial charge in [0, 0.05) is 21.3 Å². The van der Waals surface area contributed by atoms with Gasteiger partial charge in [-0.3, -0.25) is 4.57 Å². The number of methoxy groups -OCH3 is 1. The maximum atomic E-state index is 9.95. The minimum absolute atomic E-state index is 0.873. The van der Waals surface area contributed by atoms with Gasteiger partial charge in [-0.1, -0.05) is 0 Å². The van der Waals surface area contributed by atoms with Crippen molar-refractivity contribution >= 4 is 7.82 Å². The average Bonchev–Trinajstić information content (AvgIpc) is 2.36. The lowest BCUT2D eigenvalue weighted by Gasteiger charge is -2.31. The molecule has 0 aliphatic carbocycles. The molecule has 7 heteroatoms. The average molecular weight is 271 g/mol. The SMILES string of the molecule is CC[N+](C)(CC)CCOC.COP(=O)([O-])OC. The van der Waals surface area contributed by atoms with Gasteiger partial charge in [-0.25, -0.2) is 0 Å². The number of likely N-dealkylation sites (N-methyl/N-ethyl adjacent to an activating group) is 1. The fourth-order valence-corrected chi connectivity index (χ4v) is 1.08. The van der Waals surface area contributed by atoms with Crippen molar-refractivity contribution in [2.75, 3.05) is 54.6 Å². The molecule has 0 aromatic rings. The highest BCUT2D eigenvalue weighted by molar-refractivity contribution is 7.45. The van der Waals surface area contributed by atoms with Crippen molar-refractivity contribution in [3.05, 3.63) is 0 Å². The topological polar surface area (TPSA) is 67.8 Å². The second-order valence-corrected chi connectivity index (χ2v) is 5.41. The molecule has 0 aromatic carbocycles. The largest absolute Gasteiger partial charge is 0.756 e. The summed E-state index contributed by atoms with van der Waals surface area (Å²) in [4.78, 5) is 9.95. The Morgan fingerprint density at radius 1 is 1.12 bits per heavy atom. The lowest BCUT2D eigenvalue weighted by molar-refractivity contribution is -0.906. The predicted octanol–water partition coefficient (Wildman–Crippen LogP) is 0.867. The van der Waals surface area contributed by atoms with Crippen molar-refractivity contribution in [1.29, 1.82) is 0 Å². The molecule has 17 heavy (non-hydrogen) atoms. The summed E-state index contributed by atoms with van der Waals surface area (Å²) in [6.45, 7) is 8.83. The van der Waals surface area contributed by atoms with Crippen LogP contribution in [0.2, 0.25) is 0 Å². The van der Waals surface area contributed by atoms with Crippen molar-refractivity contribution in [2.24, 2.45) is 0 Å². The summed E-state index contributed by atoms with van der Waals surface area (Å²) in [6.07, 6.45) is 0. The van der Waals surface area contributed by atoms with Crippen LogP contribution >= 0.6 is 7.82 Å². The van der Waals surface area contributed by atoms with E-state index in [1.54, 1.807) is 7.11 Å². The molecule has 0 unspecified atom stereocenters. The van der Waals surface area contributed by atoms with Crippen LogP contribution in [-0.4, -0.2) is 59.1 Å². The number of rotatable bonds is 7. The van der Waals surface area contributed by atoms with Crippen LogP contribution in [-0.2, 0) is 18.3 Å². The number of hydrogen-bond donors (Lipinski definition) is 0. The maximum absolute atomic E-state index is 9.95. The number of hydrogen-bond acceptors (Lipinski definition) is 5. The van der Waals surface area contributed by atoms with Crippen molar-refractivity contribution in [3.8, 4) is 0 Å². The molecule has 0 saturated heterocycles. The number of quaternary nitrogens is 1. The number of phosphoric acid groups is 1. The van der Waals surface area contributed by atoms with Crippen molar-refractivity contribution in [1.82, 2.24) is 0 Å². The molecule has 0 heterocycles. The van der Waals surface area contributed by atoms with E-state index < -0.39 is 7.82 Å². The van der Waals surface area contributed by atoms with Crippen LogP contribution in [0.1, 0.15) is 13.8 Å². The molecule has 0 aromatic heterocycles. The Morgan fingerprint density at radius 3 is 1.71 bits per heavy atom. The molecule has 0 aliphatic heterocycles. The second kappa shape index (κ2) is 10.00. The highest BCUT2D eigenvalue weighted by Crippen LogP contribution is 2.34. The Kier molecular flexibility index (Phi) is 11.4. The van der Waals surface area contributed by atoms with Gasteiger partial charge < -0.3 is 23.2 Å². The Hall–Kier alpha value is 0.0300. The predicted molar refractivity (Wildman–Crippen MR) is 65.6 cm³/mol. The highest BCUT2D eigenvalue weighted by Gasteiger charge is 2.14. The first kappa shape index (κ1) is 19.4. The van der Waals surface area contributed by atoms with Gasteiger partial charge >= 0.3 is 0 Å². The lowest BCUT2D eigenvalue weighted by Crippen LogP contribution is -2.45. The normalized spacial score (nSPS) is 11.9. The van der Waals surface area contributed by atoms with E-state index in [2.05, 4.69) is 29.9 Å². The zero-order valence-electron chi connectivity index (χ0n) is 11.8. The summed E-state index contributed by atoms with van der Waals surface area (Å²) in [6, 6.07) is 0. The third-order valence-corrected chi connectivity index (χ3v) is 3.70. The molecule has 0 saturated carbocycles. The van der Waals surface area contributed by atoms with Gasteiger partial charge in [0.15, 0.2) is 0 Å². The van der Waals surface area contributed by atoms with Crippen molar-refractivity contribution in [2.45, 2.75) is 13.8 Å². The Labute approximate surface area is 105 Å². The van der Waals surface area contributed by atoms with Crippen LogP contribution in [0, 0.1) is 0 Å². The molecule has 0 fully saturated rings. The molecule has 106 valence electrons. The maximum Gasteiger partial charge on any atom is 0.267 e. The van der Waals surface area contributed by atoms with Crippen LogP contribution in [0.25, 0.3) is 0 Å². The van der Waals surface area contributed by atoms with Crippen LogP contribution in [0.15, 0.2) is 0 Å². The van der Waals surface area contributed by atoms with E-state index >= 15 is 0 Å². The fourth-order valence-electron chi connectivity index (χ4n) is 0.926.